The van der Waals surface area contributed by atoms with Crippen molar-refractivity contribution in [1.82, 2.24) is 19.9 Å². The number of aromatic amines is 2. The number of aromatic nitrogens is 4. The summed E-state index contributed by atoms with van der Waals surface area (Å²) < 4.78 is 0. The molecule has 3 aromatic heterocycles. The van der Waals surface area contributed by atoms with Crippen molar-refractivity contribution >= 4 is 34.2 Å². The van der Waals surface area contributed by atoms with E-state index in [0.29, 0.717) is 17.2 Å². The van der Waals surface area contributed by atoms with Crippen LogP contribution in [0.15, 0.2) is 71.9 Å². The molecule has 0 amide bonds. The highest BCUT2D eigenvalue weighted by atomic mass is 16.3. The Labute approximate surface area is 154 Å². The number of nitrogens with one attached hydrogen (secondary N) is 2. The number of H-pyrrole nitrogens is 2. The largest absolute Gasteiger partial charge is 0.494 e. The second-order valence-corrected chi connectivity index (χ2v) is 6.21. The fourth-order valence-corrected chi connectivity index (χ4v) is 3.12. The third kappa shape index (κ3) is 2.73. The number of aromatic hydroxyl groups is 1. The average molecular weight is 353 g/mol. The summed E-state index contributed by atoms with van der Waals surface area (Å²) in [6.07, 6.45) is 3.39. The van der Waals surface area contributed by atoms with Gasteiger partial charge in [-0.05, 0) is 23.8 Å². The fourth-order valence-electron chi connectivity index (χ4n) is 3.12. The van der Waals surface area contributed by atoms with Gasteiger partial charge in [0.05, 0.1) is 16.6 Å². The van der Waals surface area contributed by atoms with Gasteiger partial charge < -0.3 is 15.1 Å². The van der Waals surface area contributed by atoms with Crippen LogP contribution in [0.1, 0.15) is 5.56 Å². The van der Waals surface area contributed by atoms with E-state index in [2.05, 4.69) is 24.9 Å². The molecular formula is C21H15N5O. The highest BCUT2D eigenvalue weighted by molar-refractivity contribution is 6.02. The zero-order valence-electron chi connectivity index (χ0n) is 14.2. The summed E-state index contributed by atoms with van der Waals surface area (Å²) in [5.74, 6) is 0.514. The molecular weight excluding hydrogens is 338 g/mol. The SMILES string of the molecule is Oc1[nH]c2ncc(-c3ccccc3)cc2c1/C=N/c1nc2ccccc2[nH]1. The number of pyridine rings is 1. The van der Waals surface area contributed by atoms with E-state index in [9.17, 15) is 5.11 Å². The molecule has 0 aliphatic carbocycles. The van der Waals surface area contributed by atoms with Crippen molar-refractivity contribution in [3.05, 3.63) is 72.4 Å². The van der Waals surface area contributed by atoms with Gasteiger partial charge in [0.25, 0.3) is 0 Å². The van der Waals surface area contributed by atoms with Crippen molar-refractivity contribution in [3.8, 4) is 17.0 Å². The summed E-state index contributed by atoms with van der Waals surface area (Å²) in [5, 5.41) is 11.1. The Balaban J connectivity index is 1.58. The van der Waals surface area contributed by atoms with Crippen molar-refractivity contribution in [2.45, 2.75) is 0 Å². The minimum atomic E-state index is 0.0302. The van der Waals surface area contributed by atoms with E-state index in [1.165, 1.54) is 0 Å². The van der Waals surface area contributed by atoms with Crippen molar-refractivity contribution in [1.29, 1.82) is 0 Å². The Morgan fingerprint density at radius 2 is 1.74 bits per heavy atom. The Kier molecular flexibility index (Phi) is 3.47. The number of nitrogens with zero attached hydrogens (tertiary/aromatic N) is 3. The number of rotatable bonds is 3. The number of para-hydroxylation sites is 2. The molecule has 0 saturated carbocycles. The molecule has 6 heteroatoms. The van der Waals surface area contributed by atoms with E-state index in [4.69, 9.17) is 0 Å². The van der Waals surface area contributed by atoms with Crippen LogP contribution in [0, 0.1) is 0 Å². The Morgan fingerprint density at radius 3 is 2.59 bits per heavy atom. The third-order valence-corrected chi connectivity index (χ3v) is 4.47. The maximum atomic E-state index is 10.3. The Morgan fingerprint density at radius 1 is 0.926 bits per heavy atom. The lowest BCUT2D eigenvalue weighted by Gasteiger charge is -2.01. The lowest BCUT2D eigenvalue weighted by Crippen LogP contribution is -1.84. The summed E-state index contributed by atoms with van der Waals surface area (Å²) in [6.45, 7) is 0. The number of fused-ring (bicyclic) bond motifs is 2. The molecule has 0 aliphatic heterocycles. The average Bonchev–Trinajstić information content (AvgIpc) is 3.26. The number of imidazole rings is 1. The van der Waals surface area contributed by atoms with E-state index < -0.39 is 0 Å². The first-order chi connectivity index (χ1) is 13.3. The Bertz CT molecular complexity index is 1250. The van der Waals surface area contributed by atoms with Crippen LogP contribution in [0.5, 0.6) is 5.88 Å². The maximum Gasteiger partial charge on any atom is 0.227 e. The summed E-state index contributed by atoms with van der Waals surface area (Å²) >= 11 is 0. The van der Waals surface area contributed by atoms with Gasteiger partial charge in [-0.15, -0.1) is 0 Å². The molecule has 6 nitrogen and oxygen atoms in total. The van der Waals surface area contributed by atoms with Crippen LogP contribution in [0.25, 0.3) is 33.2 Å². The molecule has 0 unspecified atom stereocenters. The molecule has 0 saturated heterocycles. The summed E-state index contributed by atoms with van der Waals surface area (Å²) in [6, 6.07) is 19.7. The second-order valence-electron chi connectivity index (χ2n) is 6.21. The van der Waals surface area contributed by atoms with E-state index in [-0.39, 0.29) is 5.88 Å². The standard InChI is InChI=1S/C21H15N5O/c27-20-16(12-23-21-24-17-8-4-5-9-18(17)25-21)15-10-14(11-22-19(15)26-20)13-6-2-1-3-7-13/h1-12,27H,(H,22,26)(H,24,25)/b23-12+. The predicted octanol–water partition coefficient (Wildman–Crippen LogP) is 4.56. The first kappa shape index (κ1) is 15.3. The zero-order valence-corrected chi connectivity index (χ0v) is 14.2. The van der Waals surface area contributed by atoms with Gasteiger partial charge in [0, 0.05) is 23.4 Å². The minimum absolute atomic E-state index is 0.0302. The summed E-state index contributed by atoms with van der Waals surface area (Å²) in [4.78, 5) is 19.3. The van der Waals surface area contributed by atoms with Crippen molar-refractivity contribution < 1.29 is 5.11 Å². The molecule has 3 N–H and O–H groups in total. The molecule has 0 fully saturated rings. The molecule has 0 atom stereocenters. The Hall–Kier alpha value is -3.93. The van der Waals surface area contributed by atoms with Crippen molar-refractivity contribution in [2.75, 3.05) is 0 Å². The first-order valence-electron chi connectivity index (χ1n) is 8.53. The van der Waals surface area contributed by atoms with Crippen LogP contribution in [0.2, 0.25) is 0 Å². The van der Waals surface area contributed by atoms with Gasteiger partial charge in [-0.3, -0.25) is 0 Å². The van der Waals surface area contributed by atoms with Crippen LogP contribution in [0.3, 0.4) is 0 Å². The van der Waals surface area contributed by atoms with Crippen molar-refractivity contribution in [2.24, 2.45) is 4.99 Å². The fraction of sp³-hybridized carbons (Fsp3) is 0. The molecule has 3 heterocycles. The zero-order chi connectivity index (χ0) is 18.2. The number of hydrogen-bond donors (Lipinski definition) is 3. The van der Waals surface area contributed by atoms with E-state index >= 15 is 0 Å². The molecule has 2 aromatic carbocycles. The minimum Gasteiger partial charge on any atom is -0.494 e. The van der Waals surface area contributed by atoms with E-state index in [1.807, 2.05) is 60.7 Å². The lowest BCUT2D eigenvalue weighted by molar-refractivity contribution is 0.457. The quantitative estimate of drug-likeness (QED) is 0.415. The first-order valence-corrected chi connectivity index (χ1v) is 8.53. The highest BCUT2D eigenvalue weighted by Gasteiger charge is 2.12. The maximum absolute atomic E-state index is 10.3. The number of benzene rings is 2. The molecule has 0 radical (unpaired) electrons. The lowest BCUT2D eigenvalue weighted by atomic mass is 10.1. The topological polar surface area (TPSA) is 89.9 Å². The van der Waals surface area contributed by atoms with Crippen LogP contribution in [0.4, 0.5) is 5.95 Å². The van der Waals surface area contributed by atoms with Gasteiger partial charge in [0.15, 0.2) is 5.88 Å². The summed E-state index contributed by atoms with van der Waals surface area (Å²) in [5.41, 5.74) is 4.99. The van der Waals surface area contributed by atoms with Crippen LogP contribution < -0.4 is 0 Å². The normalized spacial score (nSPS) is 11.7. The van der Waals surface area contributed by atoms with Crippen LogP contribution >= 0.6 is 0 Å². The third-order valence-electron chi connectivity index (χ3n) is 4.47. The molecule has 0 spiro atoms. The van der Waals surface area contributed by atoms with E-state index in [1.54, 1.807) is 12.4 Å². The number of aliphatic imine (C=N–C) groups is 1. The van der Waals surface area contributed by atoms with Crippen LogP contribution in [-0.2, 0) is 0 Å². The van der Waals surface area contributed by atoms with Crippen molar-refractivity contribution in [3.63, 3.8) is 0 Å². The molecule has 5 rings (SSSR count). The van der Waals surface area contributed by atoms with E-state index in [0.717, 1.165) is 27.5 Å². The van der Waals surface area contributed by atoms with Gasteiger partial charge in [-0.2, -0.15) is 0 Å². The smallest absolute Gasteiger partial charge is 0.227 e. The predicted molar refractivity (Wildman–Crippen MR) is 107 cm³/mol. The van der Waals surface area contributed by atoms with Gasteiger partial charge in [-0.1, -0.05) is 42.5 Å². The van der Waals surface area contributed by atoms with Gasteiger partial charge in [0.1, 0.15) is 5.65 Å². The monoisotopic (exact) mass is 353 g/mol. The molecule has 27 heavy (non-hydrogen) atoms. The van der Waals surface area contributed by atoms with Crippen LogP contribution in [-0.4, -0.2) is 31.3 Å². The van der Waals surface area contributed by atoms with Gasteiger partial charge >= 0.3 is 0 Å². The molecule has 0 bridgehead atoms. The number of hydrogen-bond acceptors (Lipinski definition) is 4. The molecule has 130 valence electrons. The van der Waals surface area contributed by atoms with Gasteiger partial charge in [0.2, 0.25) is 5.95 Å². The second kappa shape index (κ2) is 6.10. The molecule has 5 aromatic rings. The van der Waals surface area contributed by atoms with Gasteiger partial charge in [-0.25, -0.2) is 15.0 Å². The molecule has 0 aliphatic rings. The summed E-state index contributed by atoms with van der Waals surface area (Å²) in [7, 11) is 0. The highest BCUT2D eigenvalue weighted by Crippen LogP contribution is 2.29.